The minimum Gasteiger partial charge on any atom is -0.424 e. The standard InChI is InChI=1S/C7H3Br2F3NO4S2.Na/c8-4-1-2-5(9)6(3-4)18(14,15)13-19(16,17)7(10,11)12;/h1-3H;/q-1;+1. The smallest absolute Gasteiger partial charge is 0.424 e. The Balaban J connectivity index is 0.00000361. The molecule has 0 fully saturated rings. The normalized spacial score (nSPS) is 12.8. The molecule has 1 aromatic rings. The van der Waals surface area contributed by atoms with Gasteiger partial charge in [0.05, 0.1) is 4.90 Å². The van der Waals surface area contributed by atoms with E-state index in [0.717, 1.165) is 6.07 Å². The molecule has 13 heteroatoms. The van der Waals surface area contributed by atoms with Crippen molar-refractivity contribution in [2.24, 2.45) is 0 Å². The molecule has 0 atom stereocenters. The maximum atomic E-state index is 12.1. The van der Waals surface area contributed by atoms with E-state index in [1.807, 2.05) is 4.13 Å². The summed E-state index contributed by atoms with van der Waals surface area (Å²) in [5, 5.41) is 0. The first-order valence-electron chi connectivity index (χ1n) is 4.12. The van der Waals surface area contributed by atoms with Crippen molar-refractivity contribution in [2.45, 2.75) is 10.4 Å². The van der Waals surface area contributed by atoms with E-state index < -0.39 is 30.5 Å². The number of sulfonamides is 2. The summed E-state index contributed by atoms with van der Waals surface area (Å²) in [6.07, 6.45) is 0. The van der Waals surface area contributed by atoms with Crippen LogP contribution in [0.4, 0.5) is 13.2 Å². The van der Waals surface area contributed by atoms with Crippen LogP contribution in [0.5, 0.6) is 0 Å². The number of alkyl halides is 3. The molecule has 20 heavy (non-hydrogen) atoms. The molecule has 0 radical (unpaired) electrons. The molecular formula is C7H3Br2F3NNaO4S2. The monoisotopic (exact) mass is 467 g/mol. The summed E-state index contributed by atoms with van der Waals surface area (Å²) in [7, 11) is -11.1. The second-order valence-corrected chi connectivity index (χ2v) is 8.21. The zero-order valence-corrected chi connectivity index (χ0v) is 16.3. The van der Waals surface area contributed by atoms with Gasteiger partial charge >= 0.3 is 35.1 Å². The van der Waals surface area contributed by atoms with Crippen LogP contribution >= 0.6 is 31.9 Å². The van der Waals surface area contributed by atoms with Crippen LogP contribution in [0.3, 0.4) is 0 Å². The van der Waals surface area contributed by atoms with E-state index in [2.05, 4.69) is 31.9 Å². The molecule has 5 nitrogen and oxygen atoms in total. The van der Waals surface area contributed by atoms with Crippen LogP contribution in [0.25, 0.3) is 4.13 Å². The zero-order chi connectivity index (χ0) is 15.1. The summed E-state index contributed by atoms with van der Waals surface area (Å²) in [6, 6.07) is 3.54. The Kier molecular flexibility index (Phi) is 7.23. The fourth-order valence-electron chi connectivity index (χ4n) is 0.886. The fourth-order valence-corrected chi connectivity index (χ4v) is 4.54. The van der Waals surface area contributed by atoms with E-state index in [0.29, 0.717) is 0 Å². The minimum absolute atomic E-state index is 0. The summed E-state index contributed by atoms with van der Waals surface area (Å²) < 4.78 is 83.0. The molecular weight excluding hydrogens is 466 g/mol. The van der Waals surface area contributed by atoms with Crippen molar-refractivity contribution in [2.75, 3.05) is 0 Å². The maximum absolute atomic E-state index is 12.1. The number of rotatable bonds is 3. The first-order valence-corrected chi connectivity index (χ1v) is 8.59. The van der Waals surface area contributed by atoms with Crippen LogP contribution in [0.2, 0.25) is 0 Å². The van der Waals surface area contributed by atoms with Crippen molar-refractivity contribution in [1.29, 1.82) is 0 Å². The Morgan fingerprint density at radius 2 is 1.55 bits per heavy atom. The Bertz CT molecular complexity index is 705. The first-order chi connectivity index (χ1) is 8.37. The van der Waals surface area contributed by atoms with Gasteiger partial charge in [-0.25, -0.2) is 16.8 Å². The number of halogens is 5. The predicted molar refractivity (Wildman–Crippen MR) is 67.4 cm³/mol. The van der Waals surface area contributed by atoms with Crippen LogP contribution in [-0.4, -0.2) is 22.3 Å². The van der Waals surface area contributed by atoms with Crippen molar-refractivity contribution in [3.63, 3.8) is 0 Å². The van der Waals surface area contributed by atoms with Crippen LogP contribution < -0.4 is 29.6 Å². The molecule has 1 aromatic carbocycles. The average Bonchev–Trinajstić information content (AvgIpc) is 2.18. The van der Waals surface area contributed by atoms with Crippen molar-refractivity contribution < 1.29 is 59.6 Å². The zero-order valence-electron chi connectivity index (χ0n) is 9.52. The number of nitrogens with zero attached hydrogens (tertiary/aromatic N) is 1. The van der Waals surface area contributed by atoms with Gasteiger partial charge in [0, 0.05) is 8.95 Å². The molecule has 0 aliphatic heterocycles. The molecule has 1 rings (SSSR count). The molecule has 0 aromatic heterocycles. The van der Waals surface area contributed by atoms with Gasteiger partial charge in [-0.05, 0) is 34.1 Å². The van der Waals surface area contributed by atoms with E-state index in [9.17, 15) is 30.0 Å². The maximum Gasteiger partial charge on any atom is 1.00 e. The van der Waals surface area contributed by atoms with Crippen LogP contribution in [0.15, 0.2) is 32.0 Å². The third-order valence-corrected chi connectivity index (χ3v) is 6.16. The summed E-state index contributed by atoms with van der Waals surface area (Å²) >= 11 is 5.70. The average molecular weight is 469 g/mol. The summed E-state index contributed by atoms with van der Waals surface area (Å²) in [5.74, 6) is 0. The summed E-state index contributed by atoms with van der Waals surface area (Å²) in [6.45, 7) is 0. The van der Waals surface area contributed by atoms with Crippen molar-refractivity contribution >= 4 is 51.9 Å². The van der Waals surface area contributed by atoms with Gasteiger partial charge in [0.1, 0.15) is 10.0 Å². The quantitative estimate of drug-likeness (QED) is 0.590. The molecule has 0 spiro atoms. The topological polar surface area (TPSA) is 82.4 Å². The summed E-state index contributed by atoms with van der Waals surface area (Å²) in [4.78, 5) is -0.699. The minimum atomic E-state index is -6.13. The third kappa shape index (κ3) is 4.93. The first kappa shape index (κ1) is 20.8. The van der Waals surface area contributed by atoms with E-state index in [4.69, 9.17) is 0 Å². The van der Waals surface area contributed by atoms with Crippen LogP contribution in [-0.2, 0) is 20.0 Å². The molecule has 0 amide bonds. The Labute approximate surface area is 152 Å². The third-order valence-electron chi connectivity index (χ3n) is 1.66. The molecule has 0 unspecified atom stereocenters. The fraction of sp³-hybridized carbons (Fsp3) is 0.143. The van der Waals surface area contributed by atoms with Crippen molar-refractivity contribution in [3.05, 3.63) is 31.3 Å². The largest absolute Gasteiger partial charge is 1.00 e. The second-order valence-electron chi connectivity index (χ2n) is 3.05. The molecule has 0 saturated heterocycles. The van der Waals surface area contributed by atoms with E-state index >= 15 is 0 Å². The Hall–Kier alpha value is 0.830. The molecule has 0 heterocycles. The molecule has 0 bridgehead atoms. The van der Waals surface area contributed by atoms with Gasteiger partial charge in [0.2, 0.25) is 0 Å². The summed E-state index contributed by atoms with van der Waals surface area (Å²) in [5.41, 5.74) is -5.78. The molecule has 0 N–H and O–H groups in total. The molecule has 108 valence electrons. The van der Waals surface area contributed by atoms with Gasteiger partial charge in [-0.15, -0.1) is 0 Å². The van der Waals surface area contributed by atoms with Crippen molar-refractivity contribution in [3.8, 4) is 0 Å². The molecule has 0 aliphatic rings. The number of hydrogen-bond acceptors (Lipinski definition) is 4. The van der Waals surface area contributed by atoms with Gasteiger partial charge in [-0.2, -0.15) is 13.2 Å². The molecule has 0 saturated carbocycles. The predicted octanol–water partition coefficient (Wildman–Crippen LogP) is 0.128. The van der Waals surface area contributed by atoms with Crippen molar-refractivity contribution in [1.82, 2.24) is 0 Å². The van der Waals surface area contributed by atoms with E-state index in [1.54, 1.807) is 0 Å². The van der Waals surface area contributed by atoms with Gasteiger partial charge in [-0.3, -0.25) is 0 Å². The Morgan fingerprint density at radius 1 is 1.05 bits per heavy atom. The van der Waals surface area contributed by atoms with Gasteiger partial charge in [0.15, 0.2) is 10.0 Å². The van der Waals surface area contributed by atoms with Crippen LogP contribution in [0.1, 0.15) is 0 Å². The SMILES string of the molecule is O=S(=O)([N-]S(=O)(=O)C(F)(F)F)c1cc(Br)ccc1Br.[Na+]. The van der Waals surface area contributed by atoms with E-state index in [-0.39, 0.29) is 38.5 Å². The Morgan fingerprint density at radius 3 is 2.00 bits per heavy atom. The van der Waals surface area contributed by atoms with Gasteiger partial charge in [-0.1, -0.05) is 15.9 Å². The van der Waals surface area contributed by atoms with Gasteiger partial charge < -0.3 is 4.13 Å². The van der Waals surface area contributed by atoms with Crippen LogP contribution in [0, 0.1) is 0 Å². The van der Waals surface area contributed by atoms with E-state index in [1.165, 1.54) is 12.1 Å². The van der Waals surface area contributed by atoms with Gasteiger partial charge in [0.25, 0.3) is 0 Å². The number of hydrogen-bond donors (Lipinski definition) is 0. The number of benzene rings is 1. The second kappa shape index (κ2) is 6.94. The molecule has 0 aliphatic carbocycles.